The molecule has 0 radical (unpaired) electrons. The SMILES string of the molecule is COc1ccccc1C(=O)N1CCC2=C(C1)SCN2NC(=O)C1CCN(C#N)C1. The summed E-state index contributed by atoms with van der Waals surface area (Å²) >= 11 is 1.65. The molecule has 0 aliphatic carbocycles. The second kappa shape index (κ2) is 8.25. The van der Waals surface area contributed by atoms with Gasteiger partial charge in [0, 0.05) is 36.7 Å². The Balaban J connectivity index is 1.40. The quantitative estimate of drug-likeness (QED) is 0.750. The maximum Gasteiger partial charge on any atom is 0.257 e. The van der Waals surface area contributed by atoms with Gasteiger partial charge in [0.05, 0.1) is 31.0 Å². The van der Waals surface area contributed by atoms with Gasteiger partial charge in [0.1, 0.15) is 5.75 Å². The van der Waals surface area contributed by atoms with Crippen molar-refractivity contribution in [2.45, 2.75) is 12.8 Å². The summed E-state index contributed by atoms with van der Waals surface area (Å²) in [5.74, 6) is 0.982. The van der Waals surface area contributed by atoms with Gasteiger partial charge in [-0.2, -0.15) is 5.26 Å². The number of likely N-dealkylation sites (tertiary alicyclic amines) is 1. The zero-order valence-corrected chi connectivity index (χ0v) is 17.1. The van der Waals surface area contributed by atoms with Gasteiger partial charge in [-0.1, -0.05) is 12.1 Å². The van der Waals surface area contributed by atoms with Crippen molar-refractivity contribution in [3.63, 3.8) is 0 Å². The summed E-state index contributed by atoms with van der Waals surface area (Å²) in [6.45, 7) is 2.25. The fourth-order valence-electron chi connectivity index (χ4n) is 3.91. The smallest absolute Gasteiger partial charge is 0.257 e. The van der Waals surface area contributed by atoms with Crippen molar-refractivity contribution < 1.29 is 14.3 Å². The van der Waals surface area contributed by atoms with Gasteiger partial charge in [0.15, 0.2) is 6.19 Å². The van der Waals surface area contributed by atoms with Gasteiger partial charge in [0.25, 0.3) is 5.91 Å². The first-order valence-electron chi connectivity index (χ1n) is 9.60. The van der Waals surface area contributed by atoms with Gasteiger partial charge < -0.3 is 14.5 Å². The minimum absolute atomic E-state index is 0.0374. The van der Waals surface area contributed by atoms with Crippen LogP contribution in [0, 0.1) is 17.4 Å². The Morgan fingerprint density at radius 3 is 2.90 bits per heavy atom. The minimum atomic E-state index is -0.156. The number of nitrogens with one attached hydrogen (secondary N) is 1. The number of nitriles is 1. The van der Waals surface area contributed by atoms with Crippen LogP contribution in [-0.2, 0) is 4.79 Å². The van der Waals surface area contributed by atoms with E-state index in [4.69, 9.17) is 10.00 Å². The van der Waals surface area contributed by atoms with E-state index in [0.717, 1.165) is 10.6 Å². The lowest BCUT2D eigenvalue weighted by Gasteiger charge is -2.31. The van der Waals surface area contributed by atoms with E-state index in [1.165, 1.54) is 0 Å². The van der Waals surface area contributed by atoms with Crippen molar-refractivity contribution in [3.8, 4) is 11.9 Å². The van der Waals surface area contributed by atoms with Crippen LogP contribution in [0.25, 0.3) is 0 Å². The molecule has 2 amide bonds. The van der Waals surface area contributed by atoms with Crippen LogP contribution in [0.15, 0.2) is 34.9 Å². The highest BCUT2D eigenvalue weighted by atomic mass is 32.2. The number of carbonyl (C=O) groups excluding carboxylic acids is 2. The van der Waals surface area contributed by atoms with Crippen LogP contribution >= 0.6 is 11.8 Å². The first-order chi connectivity index (χ1) is 14.1. The van der Waals surface area contributed by atoms with Crippen LogP contribution in [-0.4, -0.2) is 65.8 Å². The maximum atomic E-state index is 13.0. The molecule has 1 N–H and O–H groups in total. The number of thioether (sulfide) groups is 1. The summed E-state index contributed by atoms with van der Waals surface area (Å²) in [6, 6.07) is 7.26. The topological polar surface area (TPSA) is 88.9 Å². The van der Waals surface area contributed by atoms with Gasteiger partial charge in [-0.25, -0.2) is 0 Å². The largest absolute Gasteiger partial charge is 0.496 e. The number of hydrogen-bond donors (Lipinski definition) is 1. The van der Waals surface area contributed by atoms with E-state index in [9.17, 15) is 9.59 Å². The molecule has 3 heterocycles. The molecular weight excluding hydrogens is 390 g/mol. The second-order valence-electron chi connectivity index (χ2n) is 7.26. The molecule has 9 heteroatoms. The van der Waals surface area contributed by atoms with Crippen molar-refractivity contribution in [2.75, 3.05) is 39.2 Å². The molecule has 29 heavy (non-hydrogen) atoms. The van der Waals surface area contributed by atoms with Crippen LogP contribution < -0.4 is 10.2 Å². The number of hydrazine groups is 1. The number of benzene rings is 1. The van der Waals surface area contributed by atoms with Crippen LogP contribution in [0.5, 0.6) is 5.75 Å². The highest BCUT2D eigenvalue weighted by molar-refractivity contribution is 8.03. The van der Waals surface area contributed by atoms with Crippen LogP contribution in [0.1, 0.15) is 23.2 Å². The molecule has 1 fully saturated rings. The molecule has 1 unspecified atom stereocenters. The molecule has 0 spiro atoms. The van der Waals surface area contributed by atoms with E-state index >= 15 is 0 Å². The molecule has 1 saturated heterocycles. The highest BCUT2D eigenvalue weighted by Crippen LogP contribution is 2.37. The van der Waals surface area contributed by atoms with Crippen LogP contribution in [0.2, 0.25) is 0 Å². The van der Waals surface area contributed by atoms with E-state index in [-0.39, 0.29) is 17.7 Å². The molecule has 4 rings (SSSR count). The lowest BCUT2D eigenvalue weighted by atomic mass is 10.1. The molecule has 3 aliphatic heterocycles. The van der Waals surface area contributed by atoms with E-state index < -0.39 is 0 Å². The lowest BCUT2D eigenvalue weighted by molar-refractivity contribution is -0.128. The van der Waals surface area contributed by atoms with Crippen LogP contribution in [0.3, 0.4) is 0 Å². The number of nitrogens with zero attached hydrogens (tertiary/aromatic N) is 4. The van der Waals surface area contributed by atoms with E-state index in [2.05, 4.69) is 11.6 Å². The van der Waals surface area contributed by atoms with Crippen molar-refractivity contribution in [1.82, 2.24) is 20.2 Å². The van der Waals surface area contributed by atoms with Crippen LogP contribution in [0.4, 0.5) is 0 Å². The number of carbonyl (C=O) groups is 2. The average molecular weight is 414 g/mol. The third-order valence-corrected chi connectivity index (χ3v) is 6.64. The first-order valence-corrected chi connectivity index (χ1v) is 10.6. The fraction of sp³-hybridized carbons (Fsp3) is 0.450. The molecule has 0 aromatic heterocycles. The number of para-hydroxylation sites is 1. The third kappa shape index (κ3) is 3.85. The molecule has 1 aromatic rings. The van der Waals surface area contributed by atoms with Gasteiger partial charge in [0.2, 0.25) is 5.91 Å². The zero-order chi connectivity index (χ0) is 20.4. The average Bonchev–Trinajstić information content (AvgIpc) is 3.40. The molecule has 0 bridgehead atoms. The van der Waals surface area contributed by atoms with Crippen molar-refractivity contribution >= 4 is 23.6 Å². The fourth-order valence-corrected chi connectivity index (χ4v) is 5.04. The van der Waals surface area contributed by atoms with Gasteiger partial charge in [-0.05, 0) is 18.6 Å². The Morgan fingerprint density at radius 1 is 1.31 bits per heavy atom. The second-order valence-corrected chi connectivity index (χ2v) is 8.30. The number of rotatable bonds is 4. The molecule has 0 saturated carbocycles. The summed E-state index contributed by atoms with van der Waals surface area (Å²) in [6.07, 6.45) is 3.50. The number of hydrogen-bond acceptors (Lipinski definition) is 7. The summed E-state index contributed by atoms with van der Waals surface area (Å²) < 4.78 is 5.33. The summed E-state index contributed by atoms with van der Waals surface area (Å²) in [5.41, 5.74) is 4.67. The summed E-state index contributed by atoms with van der Waals surface area (Å²) in [7, 11) is 1.57. The standard InChI is InChI=1S/C20H23N5O3S/c1-28-17-5-3-2-4-15(17)20(27)24-9-7-16-18(11-24)29-13-25(16)22-19(26)14-6-8-23(10-14)12-21/h2-5,14H,6-11,13H2,1H3,(H,22,26). The lowest BCUT2D eigenvalue weighted by Crippen LogP contribution is -2.45. The number of methoxy groups -OCH3 is 1. The normalized spacial score (nSPS) is 21.1. The molecular formula is C20H23N5O3S. The zero-order valence-electron chi connectivity index (χ0n) is 16.3. The van der Waals surface area contributed by atoms with E-state index in [0.29, 0.717) is 56.2 Å². The molecule has 152 valence electrons. The Kier molecular flexibility index (Phi) is 5.53. The Hall–Kier alpha value is -2.86. The maximum absolute atomic E-state index is 13.0. The Labute approximate surface area is 174 Å². The first kappa shape index (κ1) is 19.5. The van der Waals surface area contributed by atoms with Gasteiger partial charge >= 0.3 is 0 Å². The van der Waals surface area contributed by atoms with Crippen molar-refractivity contribution in [3.05, 3.63) is 40.4 Å². The van der Waals surface area contributed by atoms with Crippen molar-refractivity contribution in [1.29, 1.82) is 5.26 Å². The number of ether oxygens (including phenoxy) is 1. The molecule has 1 atom stereocenters. The molecule has 8 nitrogen and oxygen atoms in total. The summed E-state index contributed by atoms with van der Waals surface area (Å²) in [5, 5.41) is 10.9. The highest BCUT2D eigenvalue weighted by Gasteiger charge is 2.34. The molecule has 3 aliphatic rings. The van der Waals surface area contributed by atoms with E-state index in [1.54, 1.807) is 35.9 Å². The third-order valence-electron chi connectivity index (χ3n) is 5.54. The predicted octanol–water partition coefficient (Wildman–Crippen LogP) is 1.59. The van der Waals surface area contributed by atoms with E-state index in [1.807, 2.05) is 22.0 Å². The monoisotopic (exact) mass is 413 g/mol. The number of amides is 2. The minimum Gasteiger partial charge on any atom is -0.496 e. The Bertz CT molecular complexity index is 896. The molecule has 1 aromatic carbocycles. The predicted molar refractivity (Wildman–Crippen MR) is 108 cm³/mol. The Morgan fingerprint density at radius 2 is 2.14 bits per heavy atom. The summed E-state index contributed by atoms with van der Waals surface area (Å²) in [4.78, 5) is 30.1. The van der Waals surface area contributed by atoms with Crippen molar-refractivity contribution in [2.24, 2.45) is 5.92 Å². The van der Waals surface area contributed by atoms with Gasteiger partial charge in [-0.3, -0.25) is 20.0 Å². The van der Waals surface area contributed by atoms with Gasteiger partial charge in [-0.15, -0.1) is 11.8 Å².